The van der Waals surface area contributed by atoms with Gasteiger partial charge in [0.25, 0.3) is 5.82 Å². The molecule has 6 aromatic rings. The number of ether oxygens (including phenoxy) is 1. The third-order valence-corrected chi connectivity index (χ3v) is 10.5. The highest BCUT2D eigenvalue weighted by molar-refractivity contribution is 5.99. The van der Waals surface area contributed by atoms with Crippen LogP contribution in [-0.2, 0) is 11.0 Å². The Bertz CT molecular complexity index is 2280. The fraction of sp³-hybridized carbons (Fsp3) is 0.140. The van der Waals surface area contributed by atoms with Crippen LogP contribution in [0.1, 0.15) is 71.2 Å². The molecule has 1 aromatic heterocycles. The van der Waals surface area contributed by atoms with Gasteiger partial charge in [0.1, 0.15) is 22.9 Å². The summed E-state index contributed by atoms with van der Waals surface area (Å²) in [5, 5.41) is 0. The lowest BCUT2D eigenvalue weighted by molar-refractivity contribution is -0.724. The topological polar surface area (TPSA) is 16.4 Å². The fourth-order valence-electron chi connectivity index (χ4n) is 8.55. The zero-order valence-electron chi connectivity index (χ0n) is 26.2. The Morgan fingerprint density at radius 3 is 2.30 bits per heavy atom. The third kappa shape index (κ3) is 3.15. The van der Waals surface area contributed by atoms with Crippen LogP contribution in [0.3, 0.4) is 0 Å². The van der Waals surface area contributed by atoms with Gasteiger partial charge in [0, 0.05) is 12.0 Å². The van der Waals surface area contributed by atoms with Crippen LogP contribution in [0, 0.1) is 0 Å². The van der Waals surface area contributed by atoms with Crippen molar-refractivity contribution in [2.75, 3.05) is 4.90 Å². The van der Waals surface area contributed by atoms with Crippen molar-refractivity contribution in [1.29, 1.82) is 0 Å². The second-order valence-electron chi connectivity index (χ2n) is 13.9. The predicted molar refractivity (Wildman–Crippen MR) is 184 cm³/mol. The average Bonchev–Trinajstić information content (AvgIpc) is 3.48. The number of hydrogen-bond donors (Lipinski definition) is 0. The molecule has 2 aliphatic carbocycles. The molecule has 10 rings (SSSR count). The lowest BCUT2D eigenvalue weighted by Crippen LogP contribution is -2.65. The number of nitrogens with zero attached hydrogens (tertiary/aromatic N) is 2. The van der Waals surface area contributed by atoms with Crippen molar-refractivity contribution < 1.29 is 9.30 Å². The van der Waals surface area contributed by atoms with E-state index < -0.39 is 5.54 Å². The van der Waals surface area contributed by atoms with E-state index in [-0.39, 0.29) is 11.3 Å². The molecule has 46 heavy (non-hydrogen) atoms. The van der Waals surface area contributed by atoms with Crippen LogP contribution in [0.4, 0.5) is 17.2 Å². The summed E-state index contributed by atoms with van der Waals surface area (Å²) in [6.45, 7) is 6.82. The fourth-order valence-corrected chi connectivity index (χ4v) is 8.55. The van der Waals surface area contributed by atoms with Gasteiger partial charge >= 0.3 is 0 Å². The van der Waals surface area contributed by atoms with Gasteiger partial charge in [0.2, 0.25) is 0 Å². The zero-order valence-corrected chi connectivity index (χ0v) is 26.2. The number of hydrogen-bond acceptors (Lipinski definition) is 2. The minimum atomic E-state index is -0.624. The van der Waals surface area contributed by atoms with Crippen molar-refractivity contribution in [3.05, 3.63) is 184 Å². The van der Waals surface area contributed by atoms with E-state index in [9.17, 15) is 0 Å². The Morgan fingerprint density at radius 1 is 0.717 bits per heavy atom. The summed E-state index contributed by atoms with van der Waals surface area (Å²) in [6.07, 6.45) is 4.77. The van der Waals surface area contributed by atoms with Gasteiger partial charge in [-0.25, -0.2) is 4.57 Å². The third-order valence-electron chi connectivity index (χ3n) is 10.5. The summed E-state index contributed by atoms with van der Waals surface area (Å²) < 4.78 is 9.53. The molecule has 2 unspecified atom stereocenters. The summed E-state index contributed by atoms with van der Waals surface area (Å²) >= 11 is 0. The SMILES string of the molecule is CC(C)(C)c1ccc2c(c1)Oc1ccc3c4c1C21c2c(cccc2N(c2ccccc2)c2cccc[n+]21)C4=CC3c1ccccc1. The summed E-state index contributed by atoms with van der Waals surface area (Å²) in [4.78, 5) is 2.43. The highest BCUT2D eigenvalue weighted by atomic mass is 16.5. The van der Waals surface area contributed by atoms with Crippen molar-refractivity contribution in [2.24, 2.45) is 0 Å². The van der Waals surface area contributed by atoms with E-state index in [0.717, 1.165) is 23.0 Å². The number of pyridine rings is 1. The molecule has 0 saturated carbocycles. The van der Waals surface area contributed by atoms with Crippen molar-refractivity contribution in [3.8, 4) is 11.5 Å². The molecule has 3 heterocycles. The van der Waals surface area contributed by atoms with Crippen molar-refractivity contribution in [2.45, 2.75) is 37.6 Å². The highest BCUT2D eigenvalue weighted by Crippen LogP contribution is 2.64. The molecule has 5 aromatic carbocycles. The van der Waals surface area contributed by atoms with Gasteiger partial charge in [-0.05, 0) is 81.3 Å². The first-order valence-corrected chi connectivity index (χ1v) is 16.2. The Kier molecular flexibility index (Phi) is 4.98. The number of fused-ring (bicyclic) bond motifs is 3. The second kappa shape index (κ2) is 8.86. The van der Waals surface area contributed by atoms with Crippen LogP contribution < -0.4 is 14.2 Å². The van der Waals surface area contributed by atoms with Crippen LogP contribution in [0.15, 0.2) is 140 Å². The van der Waals surface area contributed by atoms with Crippen molar-refractivity contribution >= 4 is 22.8 Å². The lowest BCUT2D eigenvalue weighted by atomic mass is 9.63. The Morgan fingerprint density at radius 2 is 1.50 bits per heavy atom. The number of para-hydroxylation sites is 1. The molecule has 1 spiro atoms. The minimum Gasteiger partial charge on any atom is -0.456 e. The quantitative estimate of drug-likeness (QED) is 0.186. The molecule has 220 valence electrons. The van der Waals surface area contributed by atoms with E-state index in [1.54, 1.807) is 0 Å². The maximum Gasteiger partial charge on any atom is 0.288 e. The van der Waals surface area contributed by atoms with E-state index in [4.69, 9.17) is 4.74 Å². The van der Waals surface area contributed by atoms with Gasteiger partial charge in [0.15, 0.2) is 5.54 Å². The second-order valence-corrected chi connectivity index (χ2v) is 13.9. The number of anilines is 3. The molecule has 4 aliphatic rings. The Balaban J connectivity index is 1.39. The molecule has 2 atom stereocenters. The van der Waals surface area contributed by atoms with Crippen LogP contribution in [0.2, 0.25) is 0 Å². The van der Waals surface area contributed by atoms with E-state index >= 15 is 0 Å². The molecule has 2 aliphatic heterocycles. The molecule has 0 amide bonds. The molecule has 3 nitrogen and oxygen atoms in total. The van der Waals surface area contributed by atoms with Crippen LogP contribution in [-0.4, -0.2) is 0 Å². The van der Waals surface area contributed by atoms with Gasteiger partial charge < -0.3 is 4.74 Å². The highest BCUT2D eigenvalue weighted by Gasteiger charge is 2.61. The maximum absolute atomic E-state index is 7.01. The van der Waals surface area contributed by atoms with Crippen molar-refractivity contribution in [3.63, 3.8) is 0 Å². The van der Waals surface area contributed by atoms with Gasteiger partial charge in [-0.1, -0.05) is 106 Å². The largest absolute Gasteiger partial charge is 0.456 e. The van der Waals surface area contributed by atoms with Crippen molar-refractivity contribution in [1.82, 2.24) is 0 Å². The first-order valence-electron chi connectivity index (χ1n) is 16.2. The molecule has 0 radical (unpaired) electrons. The number of benzene rings is 5. The first-order chi connectivity index (χ1) is 22.5. The van der Waals surface area contributed by atoms with E-state index in [1.807, 2.05) is 0 Å². The van der Waals surface area contributed by atoms with Crippen LogP contribution >= 0.6 is 0 Å². The monoisotopic (exact) mass is 593 g/mol. The summed E-state index contributed by atoms with van der Waals surface area (Å²) in [6, 6.07) is 46.7. The average molecular weight is 594 g/mol. The van der Waals surface area contributed by atoms with Gasteiger partial charge in [-0.2, -0.15) is 4.90 Å². The van der Waals surface area contributed by atoms with E-state index in [1.165, 1.54) is 55.8 Å². The molecular weight excluding hydrogens is 560 g/mol. The van der Waals surface area contributed by atoms with E-state index in [2.05, 4.69) is 170 Å². The van der Waals surface area contributed by atoms with Gasteiger partial charge in [-0.3, -0.25) is 0 Å². The lowest BCUT2D eigenvalue weighted by Gasteiger charge is -2.48. The van der Waals surface area contributed by atoms with Crippen LogP contribution in [0.25, 0.3) is 5.57 Å². The summed E-state index contributed by atoms with van der Waals surface area (Å²) in [7, 11) is 0. The molecule has 0 saturated heterocycles. The first kappa shape index (κ1) is 25.9. The maximum atomic E-state index is 7.01. The molecular formula is C43H33N2O+. The Hall–Kier alpha value is -5.41. The number of allylic oxidation sites excluding steroid dienone is 1. The summed E-state index contributed by atoms with van der Waals surface area (Å²) in [5.74, 6) is 3.16. The van der Waals surface area contributed by atoms with Gasteiger partial charge in [0.05, 0.1) is 22.9 Å². The number of rotatable bonds is 2. The number of aromatic nitrogens is 1. The van der Waals surface area contributed by atoms with Crippen LogP contribution in [0.5, 0.6) is 11.5 Å². The normalized spacial score (nSPS) is 19.3. The smallest absolute Gasteiger partial charge is 0.288 e. The zero-order chi connectivity index (χ0) is 30.8. The van der Waals surface area contributed by atoms with E-state index in [0.29, 0.717) is 0 Å². The predicted octanol–water partition coefficient (Wildman–Crippen LogP) is 9.89. The molecule has 0 fully saturated rings. The Labute approximate surface area is 269 Å². The molecule has 0 bridgehead atoms. The van der Waals surface area contributed by atoms with Gasteiger partial charge in [-0.15, -0.1) is 0 Å². The summed E-state index contributed by atoms with van der Waals surface area (Å²) in [5.41, 5.74) is 13.3. The molecule has 0 N–H and O–H groups in total. The standard InChI is InChI=1S/C43H33N2O/c1-42(2,3)28-20-22-34-37(25-28)46-36-23-21-30-32(27-13-6-4-7-14-27)26-33-31-17-12-18-35-40(31)43(34,41(36)39(30)33)44-24-11-10-19-38(44)45(35)29-15-8-5-9-16-29/h4-26,32H,1-3H3/q+1. The molecule has 3 heteroatoms. The minimum absolute atomic E-state index is 0.00949.